The third kappa shape index (κ3) is 3.27. The number of hydrogen-bond acceptors (Lipinski definition) is 0. The molecule has 0 nitrogen and oxygen atoms in total. The molecular weight excluding hydrogens is 384 g/mol. The van der Waals surface area contributed by atoms with Crippen molar-refractivity contribution in [3.8, 4) is 0 Å². The highest BCUT2D eigenvalue weighted by molar-refractivity contribution is 6.17. The fourth-order valence-corrected chi connectivity index (χ4v) is 4.65. The first kappa shape index (κ1) is 18.6. The first-order valence-electron chi connectivity index (χ1n) is 11.0. The van der Waals surface area contributed by atoms with Crippen molar-refractivity contribution in [3.05, 3.63) is 133 Å². The zero-order valence-corrected chi connectivity index (χ0v) is 17.7. The Morgan fingerprint density at radius 1 is 0.219 bits per heavy atom. The summed E-state index contributed by atoms with van der Waals surface area (Å²) in [4.78, 5) is 0. The van der Waals surface area contributed by atoms with Crippen LogP contribution < -0.4 is 0 Å². The minimum Gasteiger partial charge on any atom is -0.0616 e. The van der Waals surface area contributed by atoms with Gasteiger partial charge in [0.2, 0.25) is 0 Å². The van der Waals surface area contributed by atoms with Crippen molar-refractivity contribution in [3.63, 3.8) is 0 Å². The van der Waals surface area contributed by atoms with Crippen LogP contribution in [0, 0.1) is 0 Å². The van der Waals surface area contributed by atoms with E-state index >= 15 is 0 Å². The van der Waals surface area contributed by atoms with Gasteiger partial charge >= 0.3 is 0 Å². The zero-order valence-electron chi connectivity index (χ0n) is 17.7. The van der Waals surface area contributed by atoms with Gasteiger partial charge in [-0.1, -0.05) is 121 Å². The second-order valence-electron chi connectivity index (χ2n) is 8.22. The zero-order chi connectivity index (χ0) is 21.3. The first-order chi connectivity index (χ1) is 15.9. The topological polar surface area (TPSA) is 0 Å². The van der Waals surface area contributed by atoms with E-state index < -0.39 is 0 Å². The second kappa shape index (κ2) is 7.83. The molecule has 0 spiro atoms. The van der Waals surface area contributed by atoms with Crippen LogP contribution in [0.3, 0.4) is 0 Å². The molecule has 0 aliphatic heterocycles. The molecule has 7 aromatic rings. The minimum atomic E-state index is 1.31. The van der Waals surface area contributed by atoms with Crippen molar-refractivity contribution in [2.24, 2.45) is 0 Å². The summed E-state index contributed by atoms with van der Waals surface area (Å²) in [5, 5.41) is 13.2. The van der Waals surface area contributed by atoms with E-state index in [1.807, 2.05) is 0 Å². The van der Waals surface area contributed by atoms with Crippen molar-refractivity contribution in [2.75, 3.05) is 0 Å². The minimum absolute atomic E-state index is 1.31. The van der Waals surface area contributed by atoms with E-state index in [9.17, 15) is 0 Å². The van der Waals surface area contributed by atoms with Crippen molar-refractivity contribution < 1.29 is 0 Å². The maximum Gasteiger partial charge on any atom is -0.00990 e. The highest BCUT2D eigenvalue weighted by Crippen LogP contribution is 2.30. The van der Waals surface area contributed by atoms with Crippen LogP contribution in [0.1, 0.15) is 0 Å². The molecule has 0 saturated heterocycles. The smallest absolute Gasteiger partial charge is 0.00990 e. The lowest BCUT2D eigenvalue weighted by atomic mass is 9.97. The van der Waals surface area contributed by atoms with E-state index in [0.717, 1.165) is 0 Å². The molecule has 0 amide bonds. The van der Waals surface area contributed by atoms with E-state index in [1.165, 1.54) is 53.9 Å². The van der Waals surface area contributed by atoms with Crippen molar-refractivity contribution in [1.82, 2.24) is 0 Å². The SMILES string of the molecule is c1ccc2c(c1)ccc1c3ccccc3ccc21.c1ccc2cc3ccccc3cc2c1. The molecule has 0 unspecified atom stereocenters. The summed E-state index contributed by atoms with van der Waals surface area (Å²) in [6.45, 7) is 0. The molecule has 7 rings (SSSR count). The first-order valence-corrected chi connectivity index (χ1v) is 11.0. The molecule has 0 bridgehead atoms. The van der Waals surface area contributed by atoms with Gasteiger partial charge in [-0.25, -0.2) is 0 Å². The number of fused-ring (bicyclic) bond motifs is 7. The van der Waals surface area contributed by atoms with Gasteiger partial charge in [0, 0.05) is 0 Å². The van der Waals surface area contributed by atoms with E-state index in [4.69, 9.17) is 0 Å². The predicted molar refractivity (Wildman–Crippen MR) is 140 cm³/mol. The molecule has 0 aliphatic rings. The summed E-state index contributed by atoms with van der Waals surface area (Å²) in [5.41, 5.74) is 0. The van der Waals surface area contributed by atoms with Gasteiger partial charge in [0.15, 0.2) is 0 Å². The highest BCUT2D eigenvalue weighted by Gasteiger charge is 2.03. The van der Waals surface area contributed by atoms with Gasteiger partial charge in [0.1, 0.15) is 0 Å². The van der Waals surface area contributed by atoms with Crippen LogP contribution in [0.4, 0.5) is 0 Å². The third-order valence-electron chi connectivity index (χ3n) is 6.27. The van der Waals surface area contributed by atoms with Crippen LogP contribution in [-0.4, -0.2) is 0 Å². The van der Waals surface area contributed by atoms with Crippen molar-refractivity contribution in [2.45, 2.75) is 0 Å². The van der Waals surface area contributed by atoms with E-state index in [-0.39, 0.29) is 0 Å². The third-order valence-corrected chi connectivity index (χ3v) is 6.27. The molecule has 7 aromatic carbocycles. The Hall–Kier alpha value is -4.16. The Kier molecular flexibility index (Phi) is 4.55. The normalized spacial score (nSPS) is 11.1. The monoisotopic (exact) mass is 406 g/mol. The molecule has 32 heavy (non-hydrogen) atoms. The Morgan fingerprint density at radius 3 is 0.906 bits per heavy atom. The van der Waals surface area contributed by atoms with Crippen LogP contribution >= 0.6 is 0 Å². The van der Waals surface area contributed by atoms with E-state index in [0.29, 0.717) is 0 Å². The molecule has 0 aliphatic carbocycles. The van der Waals surface area contributed by atoms with Gasteiger partial charge in [0.25, 0.3) is 0 Å². The molecule has 0 N–H and O–H groups in total. The maximum absolute atomic E-state index is 2.24. The lowest BCUT2D eigenvalue weighted by Crippen LogP contribution is -1.79. The number of benzene rings is 7. The van der Waals surface area contributed by atoms with Gasteiger partial charge in [-0.3, -0.25) is 0 Å². The Balaban J connectivity index is 0.000000126. The fourth-order valence-electron chi connectivity index (χ4n) is 4.65. The number of rotatable bonds is 0. The Labute approximate surface area is 187 Å². The lowest BCUT2D eigenvalue weighted by Gasteiger charge is -2.07. The maximum atomic E-state index is 2.24. The van der Waals surface area contributed by atoms with E-state index in [2.05, 4.69) is 133 Å². The van der Waals surface area contributed by atoms with Crippen LogP contribution in [0.5, 0.6) is 0 Å². The summed E-state index contributed by atoms with van der Waals surface area (Å²) in [5.74, 6) is 0. The lowest BCUT2D eigenvalue weighted by molar-refractivity contribution is 1.76. The van der Waals surface area contributed by atoms with Crippen LogP contribution in [-0.2, 0) is 0 Å². The molecule has 0 heteroatoms. The Morgan fingerprint density at radius 2 is 0.531 bits per heavy atom. The quantitative estimate of drug-likeness (QED) is 0.174. The molecule has 0 atom stereocenters. The van der Waals surface area contributed by atoms with Gasteiger partial charge in [0.05, 0.1) is 0 Å². The van der Waals surface area contributed by atoms with E-state index in [1.54, 1.807) is 0 Å². The molecule has 0 fully saturated rings. The summed E-state index contributed by atoms with van der Waals surface area (Å²) in [7, 11) is 0. The molecule has 0 radical (unpaired) electrons. The average molecular weight is 407 g/mol. The number of hydrogen-bond donors (Lipinski definition) is 0. The largest absolute Gasteiger partial charge is 0.0616 e. The molecule has 0 heterocycles. The van der Waals surface area contributed by atoms with Gasteiger partial charge in [-0.2, -0.15) is 0 Å². The summed E-state index contributed by atoms with van der Waals surface area (Å²) >= 11 is 0. The average Bonchev–Trinajstić information content (AvgIpc) is 2.87. The molecule has 150 valence electrons. The van der Waals surface area contributed by atoms with Crippen LogP contribution in [0.25, 0.3) is 53.9 Å². The van der Waals surface area contributed by atoms with Crippen LogP contribution in [0.2, 0.25) is 0 Å². The summed E-state index contributed by atoms with van der Waals surface area (Å²) < 4.78 is 0. The fraction of sp³-hybridized carbons (Fsp3) is 0. The van der Waals surface area contributed by atoms with Crippen molar-refractivity contribution in [1.29, 1.82) is 0 Å². The predicted octanol–water partition coefficient (Wildman–Crippen LogP) is 9.14. The van der Waals surface area contributed by atoms with Crippen LogP contribution in [0.15, 0.2) is 133 Å². The highest BCUT2D eigenvalue weighted by atomic mass is 14.1. The standard InChI is InChI=1S/C18H12.C14H10/c1-3-7-15-13(5-1)9-11-18-16-8-4-2-6-14(16)10-12-17(15)18;1-2-6-12-10-14-8-4-3-7-13(14)9-11(12)5-1/h1-12H;1-10H. The molecular formula is C32H22. The molecule has 0 aromatic heterocycles. The summed E-state index contributed by atoms with van der Waals surface area (Å²) in [6, 6.07) is 47.5. The van der Waals surface area contributed by atoms with Crippen molar-refractivity contribution >= 4 is 53.9 Å². The van der Waals surface area contributed by atoms with Gasteiger partial charge < -0.3 is 0 Å². The molecule has 0 saturated carbocycles. The second-order valence-corrected chi connectivity index (χ2v) is 8.22. The van der Waals surface area contributed by atoms with Gasteiger partial charge in [-0.05, 0) is 66.0 Å². The van der Waals surface area contributed by atoms with Gasteiger partial charge in [-0.15, -0.1) is 0 Å². The summed E-state index contributed by atoms with van der Waals surface area (Å²) in [6.07, 6.45) is 0. The Bertz CT molecular complexity index is 1540.